The molecule has 6 nitrogen and oxygen atoms in total. The molecular formula is C17H23N3O3S. The summed E-state index contributed by atoms with van der Waals surface area (Å²) in [6.07, 6.45) is 7.17. The summed E-state index contributed by atoms with van der Waals surface area (Å²) in [6, 6.07) is 7.95. The Bertz CT molecular complexity index is 791. The number of nitrogens with zero attached hydrogens (tertiary/aromatic N) is 2. The lowest BCUT2D eigenvalue weighted by Gasteiger charge is -2.30. The van der Waals surface area contributed by atoms with Crippen LogP contribution in [-0.2, 0) is 22.5 Å². The third-order valence-corrected chi connectivity index (χ3v) is 6.11. The van der Waals surface area contributed by atoms with Crippen LogP contribution in [-0.4, -0.2) is 31.6 Å². The predicted octanol–water partition coefficient (Wildman–Crippen LogP) is 2.22. The van der Waals surface area contributed by atoms with E-state index in [-0.39, 0.29) is 10.4 Å². The van der Waals surface area contributed by atoms with Crippen molar-refractivity contribution in [3.05, 3.63) is 42.4 Å². The van der Waals surface area contributed by atoms with Crippen LogP contribution in [0.3, 0.4) is 0 Å². The van der Waals surface area contributed by atoms with Gasteiger partial charge in [-0.3, -0.25) is 0 Å². The van der Waals surface area contributed by atoms with Crippen molar-refractivity contribution in [2.24, 2.45) is 7.05 Å². The summed E-state index contributed by atoms with van der Waals surface area (Å²) in [5.74, 6) is 0.806. The molecule has 1 aromatic heterocycles. The molecule has 1 aliphatic carbocycles. The maximum Gasteiger partial charge on any atom is 0.259 e. The van der Waals surface area contributed by atoms with Gasteiger partial charge in [0, 0.05) is 25.2 Å². The predicted molar refractivity (Wildman–Crippen MR) is 91.5 cm³/mol. The Hall–Kier alpha value is -1.86. The quantitative estimate of drug-likeness (QED) is 0.868. The van der Waals surface area contributed by atoms with Gasteiger partial charge in [-0.25, -0.2) is 18.1 Å². The summed E-state index contributed by atoms with van der Waals surface area (Å²) in [5, 5.41) is 0.0628. The zero-order valence-corrected chi connectivity index (χ0v) is 14.8. The van der Waals surface area contributed by atoms with E-state index in [0.29, 0.717) is 6.54 Å². The topological polar surface area (TPSA) is 73.2 Å². The van der Waals surface area contributed by atoms with Gasteiger partial charge in [-0.2, -0.15) is 0 Å². The van der Waals surface area contributed by atoms with Crippen LogP contribution in [0.4, 0.5) is 0 Å². The van der Waals surface area contributed by atoms with E-state index in [0.717, 1.165) is 37.0 Å². The number of nitrogens with one attached hydrogen (secondary N) is 1. The van der Waals surface area contributed by atoms with Crippen molar-refractivity contribution in [3.8, 4) is 5.75 Å². The summed E-state index contributed by atoms with van der Waals surface area (Å²) in [5.41, 5.74) is 0.998. The summed E-state index contributed by atoms with van der Waals surface area (Å²) in [7, 11) is -0.200. The number of sulfonamides is 1. The molecule has 0 saturated heterocycles. The first-order valence-electron chi connectivity index (χ1n) is 8.07. The lowest BCUT2D eigenvalue weighted by atomic mass is 9.79. The van der Waals surface area contributed by atoms with Crippen LogP contribution >= 0.6 is 0 Å². The largest absolute Gasteiger partial charge is 0.497 e. The first kappa shape index (κ1) is 17.0. The van der Waals surface area contributed by atoms with E-state index in [1.54, 1.807) is 18.7 Å². The molecule has 3 rings (SSSR count). The Morgan fingerprint density at radius 3 is 2.46 bits per heavy atom. The Morgan fingerprint density at radius 1 is 1.25 bits per heavy atom. The average molecular weight is 349 g/mol. The monoisotopic (exact) mass is 349 g/mol. The van der Waals surface area contributed by atoms with Crippen molar-refractivity contribution in [1.29, 1.82) is 0 Å². The molecule has 0 atom stereocenters. The Labute approximate surface area is 142 Å². The van der Waals surface area contributed by atoms with Crippen molar-refractivity contribution in [2.75, 3.05) is 13.7 Å². The van der Waals surface area contributed by atoms with Crippen molar-refractivity contribution in [2.45, 2.75) is 36.1 Å². The van der Waals surface area contributed by atoms with Gasteiger partial charge < -0.3 is 9.30 Å². The SMILES string of the molecule is COc1ccc(C2(CNS(=O)(=O)c3cn(C)cn3)CCCC2)cc1. The van der Waals surface area contributed by atoms with Gasteiger partial charge in [0.15, 0.2) is 5.03 Å². The Morgan fingerprint density at radius 2 is 1.92 bits per heavy atom. The Balaban J connectivity index is 1.81. The molecule has 130 valence electrons. The second-order valence-corrected chi connectivity index (χ2v) is 8.13. The van der Waals surface area contributed by atoms with Crippen molar-refractivity contribution in [1.82, 2.24) is 14.3 Å². The van der Waals surface area contributed by atoms with Gasteiger partial charge in [-0.05, 0) is 30.5 Å². The van der Waals surface area contributed by atoms with Crippen LogP contribution in [0.15, 0.2) is 41.8 Å². The Kier molecular flexibility index (Phi) is 4.64. The zero-order chi connectivity index (χ0) is 17.2. The summed E-state index contributed by atoms with van der Waals surface area (Å²) in [4.78, 5) is 3.95. The molecule has 0 amide bonds. The van der Waals surface area contributed by atoms with E-state index in [1.165, 1.54) is 12.5 Å². The molecule has 0 unspecified atom stereocenters. The van der Waals surface area contributed by atoms with Crippen LogP contribution in [0, 0.1) is 0 Å². The number of imidazole rings is 1. The number of rotatable bonds is 6. The van der Waals surface area contributed by atoms with E-state index in [1.807, 2.05) is 24.3 Å². The van der Waals surface area contributed by atoms with Crippen molar-refractivity contribution in [3.63, 3.8) is 0 Å². The number of aryl methyl sites for hydroxylation is 1. The maximum absolute atomic E-state index is 12.5. The number of ether oxygens (including phenoxy) is 1. The molecule has 1 heterocycles. The zero-order valence-electron chi connectivity index (χ0n) is 14.0. The third kappa shape index (κ3) is 3.32. The van der Waals surface area contributed by atoms with E-state index in [9.17, 15) is 8.42 Å². The van der Waals surface area contributed by atoms with Gasteiger partial charge in [0.2, 0.25) is 0 Å². The molecule has 2 aromatic rings. The highest BCUT2D eigenvalue weighted by atomic mass is 32.2. The van der Waals surface area contributed by atoms with Crippen LogP contribution in [0.5, 0.6) is 5.75 Å². The van der Waals surface area contributed by atoms with Crippen molar-refractivity contribution >= 4 is 10.0 Å². The summed E-state index contributed by atoms with van der Waals surface area (Å²) >= 11 is 0. The number of aromatic nitrogens is 2. The number of hydrogen-bond acceptors (Lipinski definition) is 4. The minimum absolute atomic E-state index is 0.0628. The first-order valence-corrected chi connectivity index (χ1v) is 9.56. The molecule has 1 aromatic carbocycles. The van der Waals surface area contributed by atoms with Gasteiger partial charge in [0.1, 0.15) is 5.75 Å². The average Bonchev–Trinajstić information content (AvgIpc) is 3.23. The molecule has 1 saturated carbocycles. The molecule has 1 aliphatic rings. The minimum atomic E-state index is -3.59. The fourth-order valence-electron chi connectivity index (χ4n) is 3.40. The van der Waals surface area contributed by atoms with Crippen LogP contribution < -0.4 is 9.46 Å². The van der Waals surface area contributed by atoms with Gasteiger partial charge in [0.05, 0.1) is 13.4 Å². The number of hydrogen-bond donors (Lipinski definition) is 1. The summed E-state index contributed by atoms with van der Waals surface area (Å²) < 4.78 is 34.5. The molecule has 0 radical (unpaired) electrons. The fraction of sp³-hybridized carbons (Fsp3) is 0.471. The van der Waals surface area contributed by atoms with E-state index in [4.69, 9.17) is 4.74 Å². The van der Waals surface area contributed by atoms with Crippen LogP contribution in [0.1, 0.15) is 31.2 Å². The molecule has 1 fully saturated rings. The molecule has 0 aliphatic heterocycles. The van der Waals surface area contributed by atoms with E-state index in [2.05, 4.69) is 9.71 Å². The highest BCUT2D eigenvalue weighted by Crippen LogP contribution is 2.41. The second-order valence-electron chi connectivity index (χ2n) is 6.42. The standard InChI is InChI=1S/C17H23N3O3S/c1-20-11-16(18-13-20)24(21,22)19-12-17(9-3-4-10-17)14-5-7-15(23-2)8-6-14/h5-8,11,13,19H,3-4,9-10,12H2,1-2H3. The molecule has 0 bridgehead atoms. The van der Waals surface area contributed by atoms with Gasteiger partial charge in [-0.1, -0.05) is 25.0 Å². The fourth-order valence-corrected chi connectivity index (χ4v) is 4.50. The highest BCUT2D eigenvalue weighted by Gasteiger charge is 2.37. The molecule has 7 heteroatoms. The van der Waals surface area contributed by atoms with E-state index >= 15 is 0 Å². The van der Waals surface area contributed by atoms with Gasteiger partial charge in [-0.15, -0.1) is 0 Å². The molecule has 0 spiro atoms. The number of methoxy groups -OCH3 is 1. The first-order chi connectivity index (χ1) is 11.5. The smallest absolute Gasteiger partial charge is 0.259 e. The maximum atomic E-state index is 12.5. The van der Waals surface area contributed by atoms with E-state index < -0.39 is 10.0 Å². The molecular weight excluding hydrogens is 326 g/mol. The normalized spacial score (nSPS) is 17.1. The van der Waals surface area contributed by atoms with Gasteiger partial charge >= 0.3 is 0 Å². The molecule has 1 N–H and O–H groups in total. The third-order valence-electron chi connectivity index (χ3n) is 4.82. The second kappa shape index (κ2) is 6.57. The van der Waals surface area contributed by atoms with Crippen LogP contribution in [0.25, 0.3) is 0 Å². The van der Waals surface area contributed by atoms with Crippen LogP contribution in [0.2, 0.25) is 0 Å². The highest BCUT2D eigenvalue weighted by molar-refractivity contribution is 7.89. The van der Waals surface area contributed by atoms with Gasteiger partial charge in [0.25, 0.3) is 10.0 Å². The summed E-state index contributed by atoms with van der Waals surface area (Å²) in [6.45, 7) is 0.387. The number of benzene rings is 1. The minimum Gasteiger partial charge on any atom is -0.497 e. The van der Waals surface area contributed by atoms with Crippen molar-refractivity contribution < 1.29 is 13.2 Å². The lowest BCUT2D eigenvalue weighted by Crippen LogP contribution is -2.39. The lowest BCUT2D eigenvalue weighted by molar-refractivity contribution is 0.410. The molecule has 24 heavy (non-hydrogen) atoms.